The van der Waals surface area contributed by atoms with Gasteiger partial charge in [-0.15, -0.1) is 0 Å². The number of hydrogen-bond donors (Lipinski definition) is 3. The third-order valence-electron chi connectivity index (χ3n) is 4.85. The third-order valence-corrected chi connectivity index (χ3v) is 4.85. The highest BCUT2D eigenvalue weighted by molar-refractivity contribution is 5.92. The Hall–Kier alpha value is -2.66. The molecule has 0 aliphatic carbocycles. The molecule has 0 aromatic heterocycles. The largest absolute Gasteiger partial charge is 0.327 e. The van der Waals surface area contributed by atoms with E-state index in [1.165, 1.54) is 10.5 Å². The van der Waals surface area contributed by atoms with Gasteiger partial charge in [-0.05, 0) is 31.2 Å². The Morgan fingerprint density at radius 1 is 0.923 bits per heavy atom. The Labute approximate surface area is 154 Å². The summed E-state index contributed by atoms with van der Waals surface area (Å²) in [5, 5.41) is 5.92. The maximum absolute atomic E-state index is 12.4. The molecular weight excluding hydrogens is 326 g/mol. The molecule has 0 bridgehead atoms. The lowest BCUT2D eigenvalue weighted by molar-refractivity contribution is -0.897. The van der Waals surface area contributed by atoms with Crippen LogP contribution in [0.3, 0.4) is 0 Å². The number of nitrogens with one attached hydrogen (secondary N) is 3. The van der Waals surface area contributed by atoms with Crippen molar-refractivity contribution in [2.24, 2.45) is 5.92 Å². The van der Waals surface area contributed by atoms with Crippen molar-refractivity contribution in [3.8, 4) is 0 Å². The van der Waals surface area contributed by atoms with Crippen LogP contribution < -0.4 is 15.5 Å². The van der Waals surface area contributed by atoms with E-state index in [-0.39, 0.29) is 17.7 Å². The molecule has 1 saturated heterocycles. The van der Waals surface area contributed by atoms with Crippen LogP contribution in [-0.2, 0) is 9.59 Å². The number of likely N-dealkylation sites (tertiary alicyclic amines) is 1. The maximum atomic E-state index is 12.4. The van der Waals surface area contributed by atoms with E-state index in [9.17, 15) is 9.59 Å². The first-order valence-electron chi connectivity index (χ1n) is 9.16. The van der Waals surface area contributed by atoms with Crippen LogP contribution in [0.4, 0.5) is 11.4 Å². The van der Waals surface area contributed by atoms with Crippen LogP contribution in [0.25, 0.3) is 0 Å². The number of rotatable bonds is 5. The highest BCUT2D eigenvalue weighted by Crippen LogP contribution is 2.14. The third kappa shape index (κ3) is 5.17. The van der Waals surface area contributed by atoms with E-state index in [1.807, 2.05) is 61.5 Å². The second-order valence-corrected chi connectivity index (χ2v) is 6.97. The lowest BCUT2D eigenvalue weighted by atomic mass is 9.96. The minimum atomic E-state index is 0.0241. The van der Waals surface area contributed by atoms with Crippen molar-refractivity contribution in [2.45, 2.75) is 19.8 Å². The van der Waals surface area contributed by atoms with Gasteiger partial charge in [-0.1, -0.05) is 35.9 Å². The van der Waals surface area contributed by atoms with Crippen molar-refractivity contribution in [1.82, 2.24) is 0 Å². The van der Waals surface area contributed by atoms with E-state index < -0.39 is 0 Å². The fourth-order valence-electron chi connectivity index (χ4n) is 3.30. The molecule has 26 heavy (non-hydrogen) atoms. The molecule has 2 aromatic rings. The highest BCUT2D eigenvalue weighted by atomic mass is 16.2. The molecule has 0 unspecified atom stereocenters. The summed E-state index contributed by atoms with van der Waals surface area (Å²) in [7, 11) is 0. The van der Waals surface area contributed by atoms with Crippen LogP contribution in [0, 0.1) is 12.8 Å². The molecule has 2 aromatic carbocycles. The first-order valence-corrected chi connectivity index (χ1v) is 9.16. The Balaban J connectivity index is 1.42. The lowest BCUT2D eigenvalue weighted by Crippen LogP contribution is -3.14. The van der Waals surface area contributed by atoms with E-state index in [1.54, 1.807) is 0 Å². The van der Waals surface area contributed by atoms with Gasteiger partial charge >= 0.3 is 0 Å². The van der Waals surface area contributed by atoms with Crippen molar-refractivity contribution in [3.63, 3.8) is 0 Å². The first kappa shape index (κ1) is 18.1. The fourth-order valence-corrected chi connectivity index (χ4v) is 3.30. The molecule has 0 radical (unpaired) electrons. The summed E-state index contributed by atoms with van der Waals surface area (Å²) in [6, 6.07) is 17.4. The molecule has 1 aliphatic heterocycles. The second kappa shape index (κ2) is 8.63. The number of amides is 2. The van der Waals surface area contributed by atoms with Crippen LogP contribution in [-0.4, -0.2) is 31.4 Å². The number of quaternary nitrogens is 1. The van der Waals surface area contributed by atoms with E-state index in [0.29, 0.717) is 6.54 Å². The quantitative estimate of drug-likeness (QED) is 0.769. The number of carbonyl (C=O) groups excluding carboxylic acids is 2. The summed E-state index contributed by atoms with van der Waals surface area (Å²) in [5.41, 5.74) is 2.84. The van der Waals surface area contributed by atoms with Crippen LogP contribution in [0.2, 0.25) is 0 Å². The SMILES string of the molecule is Cc1ccc(NC(=O)C[NH+]2CCC(C(=O)Nc3ccccc3)CC2)cc1. The van der Waals surface area contributed by atoms with Gasteiger partial charge in [0.05, 0.1) is 13.1 Å². The van der Waals surface area contributed by atoms with Gasteiger partial charge in [0.1, 0.15) is 0 Å². The Bertz CT molecular complexity index is 736. The minimum absolute atomic E-state index is 0.0241. The molecule has 1 heterocycles. The summed E-state index contributed by atoms with van der Waals surface area (Å²) in [5.74, 6) is 0.134. The van der Waals surface area contributed by atoms with Gasteiger partial charge in [0.15, 0.2) is 6.54 Å². The van der Waals surface area contributed by atoms with Crippen molar-refractivity contribution < 1.29 is 14.5 Å². The number of anilines is 2. The van der Waals surface area contributed by atoms with Crippen LogP contribution in [0.15, 0.2) is 54.6 Å². The van der Waals surface area contributed by atoms with Crippen molar-refractivity contribution in [1.29, 1.82) is 0 Å². The van der Waals surface area contributed by atoms with Gasteiger partial charge in [0, 0.05) is 30.1 Å². The summed E-state index contributed by atoms with van der Waals surface area (Å²) in [4.78, 5) is 25.8. The number of benzene rings is 2. The molecule has 0 saturated carbocycles. The highest BCUT2D eigenvalue weighted by Gasteiger charge is 2.28. The lowest BCUT2D eigenvalue weighted by Gasteiger charge is -2.28. The topological polar surface area (TPSA) is 62.6 Å². The van der Waals surface area contributed by atoms with Gasteiger partial charge in [0.2, 0.25) is 5.91 Å². The van der Waals surface area contributed by atoms with E-state index in [2.05, 4.69) is 10.6 Å². The summed E-state index contributed by atoms with van der Waals surface area (Å²) in [6.45, 7) is 4.15. The second-order valence-electron chi connectivity index (χ2n) is 6.97. The normalized spacial score (nSPS) is 19.6. The number of carbonyl (C=O) groups is 2. The maximum Gasteiger partial charge on any atom is 0.279 e. The predicted octanol–water partition coefficient (Wildman–Crippen LogP) is 1.87. The zero-order chi connectivity index (χ0) is 18.4. The molecule has 5 nitrogen and oxygen atoms in total. The van der Waals surface area contributed by atoms with E-state index >= 15 is 0 Å². The van der Waals surface area contributed by atoms with Crippen molar-refractivity contribution in [3.05, 3.63) is 60.2 Å². The average molecular weight is 352 g/mol. The van der Waals surface area contributed by atoms with E-state index in [0.717, 1.165) is 37.3 Å². The molecule has 5 heteroatoms. The van der Waals surface area contributed by atoms with Crippen LogP contribution in [0.5, 0.6) is 0 Å². The molecule has 3 N–H and O–H groups in total. The number of hydrogen-bond acceptors (Lipinski definition) is 2. The number of aryl methyl sites for hydroxylation is 1. The molecule has 0 spiro atoms. The average Bonchev–Trinajstić information content (AvgIpc) is 2.65. The van der Waals surface area contributed by atoms with Gasteiger partial charge in [0.25, 0.3) is 5.91 Å². The number of piperidine rings is 1. The molecule has 1 fully saturated rings. The van der Waals surface area contributed by atoms with Gasteiger partial charge < -0.3 is 15.5 Å². The van der Waals surface area contributed by atoms with Crippen molar-refractivity contribution >= 4 is 23.2 Å². The monoisotopic (exact) mass is 352 g/mol. The Morgan fingerprint density at radius 3 is 2.19 bits per heavy atom. The minimum Gasteiger partial charge on any atom is -0.327 e. The first-order chi connectivity index (χ1) is 12.6. The van der Waals surface area contributed by atoms with Gasteiger partial charge in [-0.2, -0.15) is 0 Å². The number of para-hydroxylation sites is 1. The predicted molar refractivity (Wildman–Crippen MR) is 103 cm³/mol. The molecule has 136 valence electrons. The van der Waals surface area contributed by atoms with Crippen LogP contribution in [0.1, 0.15) is 18.4 Å². The molecule has 3 rings (SSSR count). The van der Waals surface area contributed by atoms with Gasteiger partial charge in [-0.3, -0.25) is 9.59 Å². The summed E-state index contributed by atoms with van der Waals surface area (Å²) in [6.07, 6.45) is 1.62. The van der Waals surface area contributed by atoms with Crippen molar-refractivity contribution in [2.75, 3.05) is 30.3 Å². The Kier molecular flexibility index (Phi) is 6.02. The zero-order valence-electron chi connectivity index (χ0n) is 15.1. The smallest absolute Gasteiger partial charge is 0.279 e. The summed E-state index contributed by atoms with van der Waals surface area (Å²) >= 11 is 0. The molecule has 2 amide bonds. The Morgan fingerprint density at radius 2 is 1.54 bits per heavy atom. The molecule has 1 aliphatic rings. The van der Waals surface area contributed by atoms with E-state index in [4.69, 9.17) is 0 Å². The summed E-state index contributed by atoms with van der Waals surface area (Å²) < 4.78 is 0. The zero-order valence-corrected chi connectivity index (χ0v) is 15.1. The fraction of sp³-hybridized carbons (Fsp3) is 0.333. The van der Waals surface area contributed by atoms with Gasteiger partial charge in [-0.25, -0.2) is 0 Å². The molecular formula is C21H26N3O2+. The standard InChI is InChI=1S/C21H25N3O2/c1-16-7-9-19(10-8-16)22-20(25)15-24-13-11-17(12-14-24)21(26)23-18-5-3-2-4-6-18/h2-10,17H,11-15H2,1H3,(H,22,25)(H,23,26)/p+1. The molecule has 0 atom stereocenters. The van der Waals surface area contributed by atoms with Crippen LogP contribution >= 0.6 is 0 Å².